The molecule has 0 aliphatic carbocycles. The molecule has 0 aliphatic rings. The number of fused-ring (bicyclic) bond motifs is 1. The molecule has 8 heteroatoms. The lowest BCUT2D eigenvalue weighted by Gasteiger charge is -2.11. The topological polar surface area (TPSA) is 56.1 Å². The van der Waals surface area contributed by atoms with E-state index >= 15 is 0 Å². The Morgan fingerprint density at radius 3 is 2.50 bits per heavy atom. The van der Waals surface area contributed by atoms with Gasteiger partial charge in [-0.25, -0.2) is 4.98 Å². The Balaban J connectivity index is 1.76. The number of anilines is 1. The fourth-order valence-corrected chi connectivity index (χ4v) is 2.49. The third kappa shape index (κ3) is 4.40. The second kappa shape index (κ2) is 7.57. The zero-order chi connectivity index (χ0) is 18.6. The molecule has 2 aromatic carbocycles. The van der Waals surface area contributed by atoms with Crippen molar-refractivity contribution >= 4 is 22.9 Å². The number of ether oxygens (including phenoxy) is 1. The predicted octanol–water partition coefficient (Wildman–Crippen LogP) is 3.93. The number of alkyl halides is 3. The van der Waals surface area contributed by atoms with E-state index in [4.69, 9.17) is 0 Å². The molecule has 0 aliphatic heterocycles. The van der Waals surface area contributed by atoms with Gasteiger partial charge in [0.15, 0.2) is 0 Å². The first kappa shape index (κ1) is 17.9. The van der Waals surface area contributed by atoms with E-state index in [1.54, 1.807) is 4.57 Å². The van der Waals surface area contributed by atoms with Crippen LogP contribution in [0.4, 0.5) is 19.1 Å². The molecule has 0 saturated heterocycles. The van der Waals surface area contributed by atoms with Gasteiger partial charge in [-0.2, -0.15) is 13.2 Å². The van der Waals surface area contributed by atoms with Crippen LogP contribution in [0.15, 0.2) is 54.6 Å². The second-order valence-electron chi connectivity index (χ2n) is 5.56. The van der Waals surface area contributed by atoms with Crippen LogP contribution in [0.5, 0.6) is 0 Å². The number of imidazole rings is 1. The second-order valence-corrected chi connectivity index (χ2v) is 5.56. The Morgan fingerprint density at radius 1 is 1.08 bits per heavy atom. The number of nitrogens with one attached hydrogen (secondary N) is 1. The summed E-state index contributed by atoms with van der Waals surface area (Å²) >= 11 is 0. The molecule has 0 bridgehead atoms. The van der Waals surface area contributed by atoms with Gasteiger partial charge in [0.05, 0.1) is 24.1 Å². The summed E-state index contributed by atoms with van der Waals surface area (Å²) in [4.78, 5) is 16.5. The van der Waals surface area contributed by atoms with Crippen LogP contribution in [-0.4, -0.2) is 34.8 Å². The molecule has 0 unspecified atom stereocenters. The first-order valence-electron chi connectivity index (χ1n) is 7.91. The normalized spacial score (nSPS) is 11.7. The number of halogens is 3. The van der Waals surface area contributed by atoms with Gasteiger partial charge in [0.25, 0.3) is 0 Å². The summed E-state index contributed by atoms with van der Waals surface area (Å²) in [5.74, 6) is -0.169. The summed E-state index contributed by atoms with van der Waals surface area (Å²) in [5.41, 5.74) is 2.31. The summed E-state index contributed by atoms with van der Waals surface area (Å²) in [6.07, 6.45) is -4.61. The lowest BCUT2D eigenvalue weighted by molar-refractivity contribution is -0.174. The largest absolute Gasteiger partial charge is 0.411 e. The standard InChI is InChI=1S/C18H16F3N3O2/c19-18(20,21)12-26-11-10-16(25)23-17-22-14-8-4-5-9-15(14)24(17)13-6-2-1-3-7-13/h1-9H,10-12H2,(H,22,23,25). The van der Waals surface area contributed by atoms with Crippen LogP contribution in [0, 0.1) is 0 Å². The maximum atomic E-state index is 12.1. The molecule has 1 amide bonds. The Labute approximate surface area is 147 Å². The SMILES string of the molecule is O=C(CCOCC(F)(F)F)Nc1nc2ccccc2n1-c1ccccc1. The molecule has 0 radical (unpaired) electrons. The molecule has 0 spiro atoms. The Bertz CT molecular complexity index is 892. The summed E-state index contributed by atoms with van der Waals surface area (Å²) < 4.78 is 42.4. The van der Waals surface area contributed by atoms with Gasteiger partial charge >= 0.3 is 6.18 Å². The van der Waals surface area contributed by atoms with E-state index < -0.39 is 18.7 Å². The molecule has 136 valence electrons. The molecule has 1 heterocycles. The van der Waals surface area contributed by atoms with E-state index in [-0.39, 0.29) is 13.0 Å². The highest BCUT2D eigenvalue weighted by molar-refractivity contribution is 5.92. The summed E-state index contributed by atoms with van der Waals surface area (Å²) in [6.45, 7) is -1.69. The molecular weight excluding hydrogens is 347 g/mol. The van der Waals surface area contributed by atoms with Gasteiger partial charge in [0.1, 0.15) is 6.61 Å². The zero-order valence-corrected chi connectivity index (χ0v) is 13.7. The number of amides is 1. The number of hydrogen-bond donors (Lipinski definition) is 1. The molecule has 3 aromatic rings. The number of hydrogen-bond acceptors (Lipinski definition) is 3. The van der Waals surface area contributed by atoms with Crippen LogP contribution in [0.3, 0.4) is 0 Å². The summed E-state index contributed by atoms with van der Waals surface area (Å²) in [6, 6.07) is 16.7. The zero-order valence-electron chi connectivity index (χ0n) is 13.7. The van der Waals surface area contributed by atoms with Crippen molar-refractivity contribution in [1.82, 2.24) is 9.55 Å². The van der Waals surface area contributed by atoms with Crippen LogP contribution in [0.25, 0.3) is 16.7 Å². The van der Waals surface area contributed by atoms with Gasteiger partial charge in [-0.3, -0.25) is 14.7 Å². The van der Waals surface area contributed by atoms with E-state index in [2.05, 4.69) is 15.0 Å². The minimum atomic E-state index is -4.40. The maximum absolute atomic E-state index is 12.1. The average Bonchev–Trinajstić information content (AvgIpc) is 2.96. The maximum Gasteiger partial charge on any atom is 0.411 e. The third-order valence-corrected chi connectivity index (χ3v) is 3.57. The van der Waals surface area contributed by atoms with Crippen molar-refractivity contribution < 1.29 is 22.7 Å². The van der Waals surface area contributed by atoms with E-state index in [1.165, 1.54) is 0 Å². The smallest absolute Gasteiger partial charge is 0.372 e. The highest BCUT2D eigenvalue weighted by atomic mass is 19.4. The Morgan fingerprint density at radius 2 is 1.77 bits per heavy atom. The van der Waals surface area contributed by atoms with E-state index in [0.717, 1.165) is 11.2 Å². The molecule has 3 rings (SSSR count). The number of benzene rings is 2. The number of carbonyl (C=O) groups excluding carboxylic acids is 1. The van der Waals surface area contributed by atoms with Gasteiger partial charge < -0.3 is 4.74 Å². The molecule has 0 saturated carbocycles. The van der Waals surface area contributed by atoms with Gasteiger partial charge in [-0.15, -0.1) is 0 Å². The lowest BCUT2D eigenvalue weighted by Crippen LogP contribution is -2.21. The predicted molar refractivity (Wildman–Crippen MR) is 91.2 cm³/mol. The number of rotatable bonds is 6. The fourth-order valence-electron chi connectivity index (χ4n) is 2.49. The van der Waals surface area contributed by atoms with Gasteiger partial charge in [-0.05, 0) is 24.3 Å². The van der Waals surface area contributed by atoms with Crippen LogP contribution < -0.4 is 5.32 Å². The third-order valence-electron chi connectivity index (χ3n) is 3.57. The molecule has 0 fully saturated rings. The Kier molecular flexibility index (Phi) is 5.22. The number of carbonyl (C=O) groups is 1. The highest BCUT2D eigenvalue weighted by Gasteiger charge is 2.27. The van der Waals surface area contributed by atoms with E-state index in [0.29, 0.717) is 11.5 Å². The van der Waals surface area contributed by atoms with Crippen LogP contribution in [0.2, 0.25) is 0 Å². The monoisotopic (exact) mass is 363 g/mol. The molecular formula is C18H16F3N3O2. The van der Waals surface area contributed by atoms with Crippen LogP contribution in [-0.2, 0) is 9.53 Å². The van der Waals surface area contributed by atoms with E-state index in [1.807, 2.05) is 54.6 Å². The van der Waals surface area contributed by atoms with E-state index in [9.17, 15) is 18.0 Å². The quantitative estimate of drug-likeness (QED) is 0.675. The average molecular weight is 363 g/mol. The van der Waals surface area contributed by atoms with Crippen LogP contribution >= 0.6 is 0 Å². The molecule has 0 atom stereocenters. The summed E-state index contributed by atoms with van der Waals surface area (Å²) in [5, 5.41) is 2.65. The van der Waals surface area contributed by atoms with Crippen molar-refractivity contribution in [2.24, 2.45) is 0 Å². The fraction of sp³-hybridized carbons (Fsp3) is 0.222. The molecule has 1 aromatic heterocycles. The molecule has 26 heavy (non-hydrogen) atoms. The highest BCUT2D eigenvalue weighted by Crippen LogP contribution is 2.24. The van der Waals surface area contributed by atoms with Crippen molar-refractivity contribution in [3.8, 4) is 5.69 Å². The number of nitrogens with zero attached hydrogens (tertiary/aromatic N) is 2. The van der Waals surface area contributed by atoms with Crippen molar-refractivity contribution in [3.63, 3.8) is 0 Å². The number of para-hydroxylation sites is 3. The summed E-state index contributed by atoms with van der Waals surface area (Å²) in [7, 11) is 0. The van der Waals surface area contributed by atoms with Crippen molar-refractivity contribution in [3.05, 3.63) is 54.6 Å². The van der Waals surface area contributed by atoms with Crippen molar-refractivity contribution in [2.45, 2.75) is 12.6 Å². The van der Waals surface area contributed by atoms with Gasteiger partial charge in [-0.1, -0.05) is 30.3 Å². The van der Waals surface area contributed by atoms with Gasteiger partial charge in [0, 0.05) is 5.69 Å². The van der Waals surface area contributed by atoms with Crippen molar-refractivity contribution in [2.75, 3.05) is 18.5 Å². The first-order valence-corrected chi connectivity index (χ1v) is 7.91. The lowest BCUT2D eigenvalue weighted by atomic mass is 10.3. The van der Waals surface area contributed by atoms with Gasteiger partial charge in [0.2, 0.25) is 11.9 Å². The molecule has 5 nitrogen and oxygen atoms in total. The minimum Gasteiger partial charge on any atom is -0.372 e. The number of aromatic nitrogens is 2. The van der Waals surface area contributed by atoms with Crippen LogP contribution in [0.1, 0.15) is 6.42 Å². The first-order chi connectivity index (χ1) is 12.4. The van der Waals surface area contributed by atoms with Crippen molar-refractivity contribution in [1.29, 1.82) is 0 Å². The minimum absolute atomic E-state index is 0.200. The molecule has 1 N–H and O–H groups in total. The Hall–Kier alpha value is -2.87.